The number of hydrogen-bond acceptors (Lipinski definition) is 4. The third-order valence-electron chi connectivity index (χ3n) is 4.19. The highest BCUT2D eigenvalue weighted by Crippen LogP contribution is 2.21. The Bertz CT molecular complexity index is 1090. The fourth-order valence-corrected chi connectivity index (χ4v) is 3.65. The third-order valence-corrected chi connectivity index (χ3v) is 4.99. The SMILES string of the molecule is CCn1c(N=C(c2ccccc2)c2ccccc2)nc2sccc2c1=O. The van der Waals surface area contributed by atoms with Crippen LogP contribution in [0.1, 0.15) is 18.1 Å². The van der Waals surface area contributed by atoms with E-state index in [9.17, 15) is 4.79 Å². The van der Waals surface area contributed by atoms with Gasteiger partial charge >= 0.3 is 0 Å². The first-order valence-corrected chi connectivity index (χ1v) is 9.33. The molecular weight excluding hydrogens is 342 g/mol. The number of fused-ring (bicyclic) bond motifs is 1. The van der Waals surface area contributed by atoms with Crippen LogP contribution in [-0.2, 0) is 6.54 Å². The number of aliphatic imine (C=N–C) groups is 1. The minimum Gasteiger partial charge on any atom is -0.277 e. The summed E-state index contributed by atoms with van der Waals surface area (Å²) < 4.78 is 1.63. The molecule has 5 heteroatoms. The number of thiophene rings is 1. The molecule has 0 radical (unpaired) electrons. The second kappa shape index (κ2) is 7.06. The molecule has 0 aliphatic heterocycles. The molecule has 0 aliphatic carbocycles. The molecule has 0 saturated carbocycles. The summed E-state index contributed by atoms with van der Waals surface area (Å²) in [6.07, 6.45) is 0. The smallest absolute Gasteiger partial charge is 0.263 e. The van der Waals surface area contributed by atoms with Gasteiger partial charge in [-0.3, -0.25) is 9.36 Å². The van der Waals surface area contributed by atoms with Crippen LogP contribution in [0.25, 0.3) is 10.2 Å². The predicted molar refractivity (Wildman–Crippen MR) is 108 cm³/mol. The number of nitrogens with zero attached hydrogens (tertiary/aromatic N) is 3. The summed E-state index contributed by atoms with van der Waals surface area (Å²) in [5.41, 5.74) is 2.73. The lowest BCUT2D eigenvalue weighted by Crippen LogP contribution is -2.20. The van der Waals surface area contributed by atoms with E-state index in [-0.39, 0.29) is 5.56 Å². The summed E-state index contributed by atoms with van der Waals surface area (Å²) in [5.74, 6) is 0.440. The van der Waals surface area contributed by atoms with E-state index >= 15 is 0 Å². The quantitative estimate of drug-likeness (QED) is 0.498. The van der Waals surface area contributed by atoms with Crippen LogP contribution < -0.4 is 5.56 Å². The summed E-state index contributed by atoms with van der Waals surface area (Å²) in [4.78, 5) is 23.0. The van der Waals surface area contributed by atoms with Crippen molar-refractivity contribution in [3.05, 3.63) is 93.6 Å². The molecule has 4 nitrogen and oxygen atoms in total. The largest absolute Gasteiger partial charge is 0.277 e. The van der Waals surface area contributed by atoms with Gasteiger partial charge < -0.3 is 0 Å². The monoisotopic (exact) mass is 359 g/mol. The summed E-state index contributed by atoms with van der Waals surface area (Å²) in [6, 6.07) is 21.8. The van der Waals surface area contributed by atoms with Crippen molar-refractivity contribution >= 4 is 33.2 Å². The van der Waals surface area contributed by atoms with Gasteiger partial charge in [-0.2, -0.15) is 0 Å². The van der Waals surface area contributed by atoms with E-state index in [4.69, 9.17) is 4.99 Å². The van der Waals surface area contributed by atoms with Gasteiger partial charge in [0.05, 0.1) is 11.1 Å². The Hall–Kier alpha value is -3.05. The molecule has 0 spiro atoms. The van der Waals surface area contributed by atoms with Crippen molar-refractivity contribution in [2.75, 3.05) is 0 Å². The van der Waals surface area contributed by atoms with Gasteiger partial charge in [-0.25, -0.2) is 9.98 Å². The zero-order valence-corrected chi connectivity index (χ0v) is 15.1. The molecule has 0 amide bonds. The molecule has 0 N–H and O–H groups in total. The molecule has 0 aliphatic rings. The zero-order chi connectivity index (χ0) is 17.9. The van der Waals surface area contributed by atoms with E-state index in [0.717, 1.165) is 21.7 Å². The van der Waals surface area contributed by atoms with Gasteiger partial charge in [0, 0.05) is 17.7 Å². The highest BCUT2D eigenvalue weighted by Gasteiger charge is 2.13. The summed E-state index contributed by atoms with van der Waals surface area (Å²) in [7, 11) is 0. The number of benzene rings is 2. The van der Waals surface area contributed by atoms with Crippen molar-refractivity contribution in [3.63, 3.8) is 0 Å². The normalized spacial score (nSPS) is 10.8. The molecule has 0 unspecified atom stereocenters. The molecule has 4 rings (SSSR count). The van der Waals surface area contributed by atoms with E-state index < -0.39 is 0 Å². The van der Waals surface area contributed by atoms with Crippen LogP contribution in [0.2, 0.25) is 0 Å². The first kappa shape index (κ1) is 16.4. The summed E-state index contributed by atoms with van der Waals surface area (Å²) >= 11 is 1.46. The first-order valence-electron chi connectivity index (χ1n) is 8.45. The Morgan fingerprint density at radius 1 is 1.00 bits per heavy atom. The molecule has 0 bridgehead atoms. The predicted octanol–water partition coefficient (Wildman–Crippen LogP) is 4.65. The van der Waals surface area contributed by atoms with Gasteiger partial charge in [-0.15, -0.1) is 11.3 Å². The molecular formula is C21H17N3OS. The number of rotatable bonds is 4. The lowest BCUT2D eigenvalue weighted by atomic mass is 10.0. The highest BCUT2D eigenvalue weighted by molar-refractivity contribution is 7.16. The summed E-state index contributed by atoms with van der Waals surface area (Å²) in [5, 5.41) is 2.54. The Balaban J connectivity index is 1.99. The number of aromatic nitrogens is 2. The van der Waals surface area contributed by atoms with Crippen LogP contribution in [0.15, 0.2) is 81.9 Å². The van der Waals surface area contributed by atoms with Gasteiger partial charge in [0.15, 0.2) is 0 Å². The maximum absolute atomic E-state index is 12.8. The molecule has 0 saturated heterocycles. The summed E-state index contributed by atoms with van der Waals surface area (Å²) in [6.45, 7) is 2.46. The van der Waals surface area contributed by atoms with Gasteiger partial charge in [0.1, 0.15) is 4.83 Å². The van der Waals surface area contributed by atoms with E-state index in [1.54, 1.807) is 4.57 Å². The Morgan fingerprint density at radius 3 is 2.19 bits per heavy atom. The maximum Gasteiger partial charge on any atom is 0.263 e. The van der Waals surface area contributed by atoms with Crippen LogP contribution >= 0.6 is 11.3 Å². The zero-order valence-electron chi connectivity index (χ0n) is 14.3. The van der Waals surface area contributed by atoms with Gasteiger partial charge in [-0.05, 0) is 18.4 Å². The minimum absolute atomic E-state index is 0.0435. The Labute approximate surface area is 155 Å². The van der Waals surface area contributed by atoms with E-state index in [0.29, 0.717) is 17.9 Å². The first-order chi connectivity index (χ1) is 12.8. The van der Waals surface area contributed by atoms with Crippen molar-refractivity contribution in [1.29, 1.82) is 0 Å². The van der Waals surface area contributed by atoms with Crippen LogP contribution in [0, 0.1) is 0 Å². The lowest BCUT2D eigenvalue weighted by molar-refractivity contribution is 0.723. The standard InChI is InChI=1S/C21H17N3OS/c1-2-24-20(25)17-13-14-26-19(17)23-21(24)22-18(15-9-5-3-6-10-15)16-11-7-4-8-12-16/h3-14H,2H2,1H3. The molecule has 26 heavy (non-hydrogen) atoms. The van der Waals surface area contributed by atoms with Crippen molar-refractivity contribution < 1.29 is 0 Å². The molecule has 2 aromatic carbocycles. The lowest BCUT2D eigenvalue weighted by Gasteiger charge is -2.10. The van der Waals surface area contributed by atoms with Crippen molar-refractivity contribution in [3.8, 4) is 0 Å². The molecule has 0 fully saturated rings. The molecule has 128 valence electrons. The van der Waals surface area contributed by atoms with Crippen LogP contribution in [0.3, 0.4) is 0 Å². The molecule has 0 atom stereocenters. The van der Waals surface area contributed by atoms with E-state index in [1.165, 1.54) is 11.3 Å². The van der Waals surface area contributed by atoms with Crippen LogP contribution in [0.5, 0.6) is 0 Å². The Kier molecular flexibility index (Phi) is 4.46. The number of hydrogen-bond donors (Lipinski definition) is 0. The highest BCUT2D eigenvalue weighted by atomic mass is 32.1. The molecule has 2 heterocycles. The topological polar surface area (TPSA) is 47.2 Å². The third kappa shape index (κ3) is 2.97. The van der Waals surface area contributed by atoms with Gasteiger partial charge in [-0.1, -0.05) is 60.7 Å². The molecule has 4 aromatic rings. The second-order valence-electron chi connectivity index (χ2n) is 5.79. The average molecular weight is 359 g/mol. The average Bonchev–Trinajstić information content (AvgIpc) is 3.16. The van der Waals surface area contributed by atoms with Crippen molar-refractivity contribution in [1.82, 2.24) is 9.55 Å². The molecule has 2 aromatic heterocycles. The van der Waals surface area contributed by atoms with E-state index in [1.807, 2.05) is 79.0 Å². The van der Waals surface area contributed by atoms with Gasteiger partial charge in [0.25, 0.3) is 5.56 Å². The minimum atomic E-state index is -0.0435. The van der Waals surface area contributed by atoms with Crippen LogP contribution in [0.4, 0.5) is 5.95 Å². The van der Waals surface area contributed by atoms with Crippen LogP contribution in [-0.4, -0.2) is 15.3 Å². The Morgan fingerprint density at radius 2 is 1.62 bits per heavy atom. The van der Waals surface area contributed by atoms with E-state index in [2.05, 4.69) is 4.98 Å². The van der Waals surface area contributed by atoms with Gasteiger partial charge in [0.2, 0.25) is 5.95 Å². The fraction of sp³-hybridized carbons (Fsp3) is 0.0952. The van der Waals surface area contributed by atoms with Crippen molar-refractivity contribution in [2.24, 2.45) is 4.99 Å². The second-order valence-corrected chi connectivity index (χ2v) is 6.69. The fourth-order valence-electron chi connectivity index (χ4n) is 2.90. The van der Waals surface area contributed by atoms with Crippen molar-refractivity contribution in [2.45, 2.75) is 13.5 Å². The maximum atomic E-state index is 12.8.